The third-order valence-corrected chi connectivity index (χ3v) is 5.01. The highest BCUT2D eigenvalue weighted by Crippen LogP contribution is 2.17. The lowest BCUT2D eigenvalue weighted by Crippen LogP contribution is -2.59. The molecule has 0 spiro atoms. The molecule has 4 atom stereocenters. The maximum Gasteiger partial charge on any atom is 0.326 e. The second-order valence-corrected chi connectivity index (χ2v) is 7.27. The van der Waals surface area contributed by atoms with Crippen LogP contribution in [0.2, 0.25) is 0 Å². The van der Waals surface area contributed by atoms with Crippen LogP contribution >= 0.6 is 0 Å². The van der Waals surface area contributed by atoms with Crippen molar-refractivity contribution in [2.75, 3.05) is 13.1 Å². The van der Waals surface area contributed by atoms with Gasteiger partial charge in [0.05, 0.1) is 12.6 Å². The molecule has 1 saturated heterocycles. The van der Waals surface area contributed by atoms with Crippen molar-refractivity contribution in [2.24, 2.45) is 5.73 Å². The number of aliphatic hydroxyl groups excluding tert-OH is 1. The summed E-state index contributed by atoms with van der Waals surface area (Å²) in [6.07, 6.45) is -0.199. The molecule has 0 bridgehead atoms. The maximum atomic E-state index is 12.7. The minimum absolute atomic E-state index is 0.0454. The van der Waals surface area contributed by atoms with Crippen molar-refractivity contribution in [1.29, 1.82) is 0 Å². The Morgan fingerprint density at radius 1 is 1.20 bits per heavy atom. The van der Waals surface area contributed by atoms with Crippen LogP contribution in [0, 0.1) is 0 Å². The van der Waals surface area contributed by atoms with E-state index in [0.29, 0.717) is 24.9 Å². The van der Waals surface area contributed by atoms with E-state index in [2.05, 4.69) is 10.6 Å². The van der Waals surface area contributed by atoms with Gasteiger partial charge in [-0.1, -0.05) is 30.3 Å². The van der Waals surface area contributed by atoms with E-state index in [-0.39, 0.29) is 18.9 Å². The zero-order valence-corrected chi connectivity index (χ0v) is 16.8. The molecule has 10 nitrogen and oxygen atoms in total. The second kappa shape index (κ2) is 10.7. The first-order chi connectivity index (χ1) is 14.2. The molecule has 1 fully saturated rings. The van der Waals surface area contributed by atoms with Gasteiger partial charge in [-0.3, -0.25) is 14.4 Å². The average Bonchev–Trinajstić information content (AvgIpc) is 3.21. The average molecular weight is 420 g/mol. The molecule has 3 amide bonds. The number of nitrogens with one attached hydrogen (secondary N) is 2. The van der Waals surface area contributed by atoms with E-state index in [1.807, 2.05) is 0 Å². The summed E-state index contributed by atoms with van der Waals surface area (Å²) in [7, 11) is 0. The third-order valence-electron chi connectivity index (χ3n) is 5.01. The number of nitrogens with zero attached hydrogens (tertiary/aromatic N) is 1. The third kappa shape index (κ3) is 6.01. The molecule has 30 heavy (non-hydrogen) atoms. The first kappa shape index (κ1) is 23.3. The standard InChI is InChI=1S/C20H28N4O6/c1-12(25)17(23-18(27)15-8-5-9-24(15)16(26)11-21)19(28)22-14(20(29)30)10-13-6-3-2-4-7-13/h2-4,6-7,12,14-15,17,25H,5,8-11,21H2,1H3,(H,22,28)(H,23,27)(H,29,30). The monoisotopic (exact) mass is 420 g/mol. The molecule has 2 rings (SSSR count). The normalized spacial score (nSPS) is 18.9. The highest BCUT2D eigenvalue weighted by atomic mass is 16.4. The van der Waals surface area contributed by atoms with E-state index in [4.69, 9.17) is 5.73 Å². The summed E-state index contributed by atoms with van der Waals surface area (Å²) in [5.74, 6) is -3.03. The van der Waals surface area contributed by atoms with Gasteiger partial charge >= 0.3 is 5.97 Å². The number of hydrogen-bond donors (Lipinski definition) is 5. The number of aliphatic hydroxyl groups is 1. The number of carboxylic acids is 1. The zero-order valence-electron chi connectivity index (χ0n) is 16.8. The number of hydrogen-bond acceptors (Lipinski definition) is 6. The summed E-state index contributed by atoms with van der Waals surface area (Å²) in [4.78, 5) is 50.2. The lowest BCUT2D eigenvalue weighted by atomic mass is 10.0. The number of benzene rings is 1. The van der Waals surface area contributed by atoms with Gasteiger partial charge in [0.25, 0.3) is 0 Å². The number of likely N-dealkylation sites (tertiary alicyclic amines) is 1. The number of carbonyl (C=O) groups excluding carboxylic acids is 3. The Labute approximate surface area is 174 Å². The molecule has 1 aromatic rings. The van der Waals surface area contributed by atoms with E-state index >= 15 is 0 Å². The molecule has 1 aromatic carbocycles. The Kier molecular flexibility index (Phi) is 8.31. The van der Waals surface area contributed by atoms with Gasteiger partial charge in [-0.2, -0.15) is 0 Å². The molecule has 10 heteroatoms. The molecule has 4 unspecified atom stereocenters. The first-order valence-corrected chi connectivity index (χ1v) is 9.79. The Bertz CT molecular complexity index is 770. The molecule has 0 radical (unpaired) electrons. The number of amides is 3. The minimum Gasteiger partial charge on any atom is -0.480 e. The molecule has 1 aliphatic rings. The van der Waals surface area contributed by atoms with Crippen molar-refractivity contribution in [2.45, 2.75) is 50.4 Å². The van der Waals surface area contributed by atoms with Crippen molar-refractivity contribution >= 4 is 23.7 Å². The predicted molar refractivity (Wildman–Crippen MR) is 107 cm³/mol. The summed E-state index contributed by atoms with van der Waals surface area (Å²) >= 11 is 0. The van der Waals surface area contributed by atoms with Gasteiger partial charge in [0.2, 0.25) is 17.7 Å². The van der Waals surface area contributed by atoms with E-state index in [1.165, 1.54) is 11.8 Å². The van der Waals surface area contributed by atoms with E-state index in [0.717, 1.165) is 0 Å². The molecule has 1 heterocycles. The van der Waals surface area contributed by atoms with Crippen LogP contribution in [-0.4, -0.2) is 76.1 Å². The van der Waals surface area contributed by atoms with Crippen LogP contribution in [0.1, 0.15) is 25.3 Å². The highest BCUT2D eigenvalue weighted by Gasteiger charge is 2.37. The molecule has 0 aliphatic carbocycles. The summed E-state index contributed by atoms with van der Waals surface area (Å²) < 4.78 is 0. The first-order valence-electron chi connectivity index (χ1n) is 9.79. The summed E-state index contributed by atoms with van der Waals surface area (Å²) in [6, 6.07) is 5.38. The van der Waals surface area contributed by atoms with Crippen molar-refractivity contribution in [3.05, 3.63) is 35.9 Å². The summed E-state index contributed by atoms with van der Waals surface area (Å²) in [5, 5.41) is 24.3. The van der Waals surface area contributed by atoms with Gasteiger partial charge in [0, 0.05) is 13.0 Å². The quantitative estimate of drug-likeness (QED) is 0.329. The topological polar surface area (TPSA) is 162 Å². The lowest BCUT2D eigenvalue weighted by molar-refractivity contribution is -0.143. The zero-order chi connectivity index (χ0) is 22.3. The lowest BCUT2D eigenvalue weighted by Gasteiger charge is -2.27. The minimum atomic E-state index is -1.37. The van der Waals surface area contributed by atoms with Crippen molar-refractivity contribution < 1.29 is 29.4 Å². The maximum absolute atomic E-state index is 12.7. The Morgan fingerprint density at radius 2 is 1.87 bits per heavy atom. The van der Waals surface area contributed by atoms with Crippen molar-refractivity contribution in [3.8, 4) is 0 Å². The molecular weight excluding hydrogens is 392 g/mol. The Morgan fingerprint density at radius 3 is 2.43 bits per heavy atom. The number of carboxylic acid groups (broad SMARTS) is 1. The van der Waals surface area contributed by atoms with E-state index in [1.54, 1.807) is 30.3 Å². The molecule has 1 aliphatic heterocycles. The molecule has 6 N–H and O–H groups in total. The fraction of sp³-hybridized carbons (Fsp3) is 0.500. The van der Waals surface area contributed by atoms with Crippen LogP contribution < -0.4 is 16.4 Å². The SMILES string of the molecule is CC(O)C(NC(=O)C1CCCN1C(=O)CN)C(=O)NC(Cc1ccccc1)C(=O)O. The van der Waals surface area contributed by atoms with E-state index < -0.39 is 42.0 Å². The number of rotatable bonds is 9. The fourth-order valence-corrected chi connectivity index (χ4v) is 3.42. The summed E-state index contributed by atoms with van der Waals surface area (Å²) in [6.45, 7) is 1.47. The predicted octanol–water partition coefficient (Wildman–Crippen LogP) is -1.39. The van der Waals surface area contributed by atoms with Gasteiger partial charge in [-0.15, -0.1) is 0 Å². The van der Waals surface area contributed by atoms with Crippen LogP contribution in [-0.2, 0) is 25.6 Å². The van der Waals surface area contributed by atoms with Crippen LogP contribution in [0.25, 0.3) is 0 Å². The Hall–Kier alpha value is -2.98. The number of nitrogens with two attached hydrogens (primary N) is 1. The Balaban J connectivity index is 2.06. The van der Waals surface area contributed by atoms with Crippen LogP contribution in [0.4, 0.5) is 0 Å². The van der Waals surface area contributed by atoms with E-state index in [9.17, 15) is 29.4 Å². The van der Waals surface area contributed by atoms with Gasteiger partial charge in [-0.25, -0.2) is 4.79 Å². The van der Waals surface area contributed by atoms with Crippen LogP contribution in [0.3, 0.4) is 0 Å². The van der Waals surface area contributed by atoms with Crippen LogP contribution in [0.15, 0.2) is 30.3 Å². The van der Waals surface area contributed by atoms with Gasteiger partial charge in [-0.05, 0) is 25.3 Å². The van der Waals surface area contributed by atoms with Gasteiger partial charge in [0.1, 0.15) is 18.1 Å². The van der Waals surface area contributed by atoms with Crippen molar-refractivity contribution in [3.63, 3.8) is 0 Å². The smallest absolute Gasteiger partial charge is 0.326 e. The highest BCUT2D eigenvalue weighted by molar-refractivity contribution is 5.94. The molecule has 164 valence electrons. The number of aliphatic carboxylic acids is 1. The number of carbonyl (C=O) groups is 4. The summed E-state index contributed by atoms with van der Waals surface area (Å²) in [5.41, 5.74) is 6.09. The fourth-order valence-electron chi connectivity index (χ4n) is 3.42. The van der Waals surface area contributed by atoms with Crippen molar-refractivity contribution in [1.82, 2.24) is 15.5 Å². The van der Waals surface area contributed by atoms with Gasteiger partial charge in [0.15, 0.2) is 0 Å². The molecule has 0 saturated carbocycles. The largest absolute Gasteiger partial charge is 0.480 e. The molecule has 0 aromatic heterocycles. The molecular formula is C20H28N4O6. The van der Waals surface area contributed by atoms with Crippen LogP contribution in [0.5, 0.6) is 0 Å². The van der Waals surface area contributed by atoms with Gasteiger partial charge < -0.3 is 31.5 Å². The second-order valence-electron chi connectivity index (χ2n) is 7.27.